The summed E-state index contributed by atoms with van der Waals surface area (Å²) in [6, 6.07) is 14.1. The number of hydrogen-bond donors (Lipinski definition) is 0. The van der Waals surface area contributed by atoms with Crippen molar-refractivity contribution in [3.63, 3.8) is 0 Å². The predicted molar refractivity (Wildman–Crippen MR) is 85.4 cm³/mol. The number of nitrogens with zero attached hydrogens (tertiary/aromatic N) is 1. The lowest BCUT2D eigenvalue weighted by Crippen LogP contribution is -2.41. The fourth-order valence-electron chi connectivity index (χ4n) is 2.34. The van der Waals surface area contributed by atoms with Gasteiger partial charge in [0.2, 0.25) is 0 Å². The monoisotopic (exact) mass is 281 g/mol. The van der Waals surface area contributed by atoms with Crippen LogP contribution in [0.15, 0.2) is 48.7 Å². The summed E-state index contributed by atoms with van der Waals surface area (Å²) in [5, 5.41) is 0. The summed E-state index contributed by atoms with van der Waals surface area (Å²) in [5.74, 6) is 0. The van der Waals surface area contributed by atoms with Gasteiger partial charge in [-0.3, -0.25) is 4.98 Å². The molecule has 2 heterocycles. The van der Waals surface area contributed by atoms with Gasteiger partial charge in [0.1, 0.15) is 0 Å². The van der Waals surface area contributed by atoms with Gasteiger partial charge in [-0.1, -0.05) is 30.3 Å². The van der Waals surface area contributed by atoms with E-state index in [9.17, 15) is 0 Å². The molecule has 1 aromatic heterocycles. The molecule has 0 saturated carbocycles. The largest absolute Gasteiger partial charge is 0.494 e. The average Bonchev–Trinajstić information content (AvgIpc) is 2.69. The van der Waals surface area contributed by atoms with E-state index < -0.39 is 0 Å². The normalized spacial score (nSPS) is 19.7. The molecule has 0 bridgehead atoms. The molecule has 108 valence electrons. The van der Waals surface area contributed by atoms with Crippen LogP contribution in [0.1, 0.15) is 27.7 Å². The van der Waals surface area contributed by atoms with E-state index in [1.165, 1.54) is 0 Å². The third-order valence-electron chi connectivity index (χ3n) is 4.38. The van der Waals surface area contributed by atoms with E-state index in [4.69, 9.17) is 9.31 Å². The van der Waals surface area contributed by atoms with Crippen molar-refractivity contribution in [2.75, 3.05) is 0 Å². The van der Waals surface area contributed by atoms with E-state index in [0.717, 1.165) is 16.7 Å². The van der Waals surface area contributed by atoms with Crippen LogP contribution in [0.4, 0.5) is 0 Å². The first-order valence-corrected chi connectivity index (χ1v) is 7.26. The molecule has 0 atom stereocenters. The van der Waals surface area contributed by atoms with E-state index in [1.54, 1.807) is 0 Å². The SMILES string of the molecule is CC1(C)OB(c2ccnc(-c3ccccc3)c2)OC1(C)C. The van der Waals surface area contributed by atoms with Crippen LogP contribution in [-0.4, -0.2) is 23.3 Å². The second-order valence-corrected chi connectivity index (χ2v) is 6.43. The third-order valence-corrected chi connectivity index (χ3v) is 4.38. The van der Waals surface area contributed by atoms with Gasteiger partial charge >= 0.3 is 7.12 Å². The van der Waals surface area contributed by atoms with Crippen molar-refractivity contribution < 1.29 is 9.31 Å². The zero-order valence-electron chi connectivity index (χ0n) is 13.0. The van der Waals surface area contributed by atoms with Crippen LogP contribution in [0.2, 0.25) is 0 Å². The van der Waals surface area contributed by atoms with Gasteiger partial charge in [0.05, 0.1) is 16.9 Å². The van der Waals surface area contributed by atoms with Crippen LogP contribution in [0, 0.1) is 0 Å². The minimum absolute atomic E-state index is 0.326. The first kappa shape index (κ1) is 14.3. The maximum Gasteiger partial charge on any atom is 0.494 e. The molecule has 3 nitrogen and oxygen atoms in total. The smallest absolute Gasteiger partial charge is 0.399 e. The molecule has 1 aromatic carbocycles. The van der Waals surface area contributed by atoms with Crippen LogP contribution in [0.25, 0.3) is 11.3 Å². The predicted octanol–water partition coefficient (Wildman–Crippen LogP) is 3.05. The molecule has 21 heavy (non-hydrogen) atoms. The summed E-state index contributed by atoms with van der Waals surface area (Å²) in [4.78, 5) is 4.44. The minimum atomic E-state index is -0.347. The highest BCUT2D eigenvalue weighted by molar-refractivity contribution is 6.62. The van der Waals surface area contributed by atoms with Crippen molar-refractivity contribution in [2.45, 2.75) is 38.9 Å². The molecule has 1 saturated heterocycles. The van der Waals surface area contributed by atoms with Crippen molar-refractivity contribution in [1.82, 2.24) is 4.98 Å². The zero-order valence-corrected chi connectivity index (χ0v) is 13.0. The van der Waals surface area contributed by atoms with Gasteiger partial charge < -0.3 is 9.31 Å². The number of rotatable bonds is 2. The maximum atomic E-state index is 6.09. The molecule has 1 aliphatic heterocycles. The van der Waals surface area contributed by atoms with Crippen molar-refractivity contribution in [3.8, 4) is 11.3 Å². The fraction of sp³-hybridized carbons (Fsp3) is 0.353. The van der Waals surface area contributed by atoms with Crippen LogP contribution in [0.5, 0.6) is 0 Å². The van der Waals surface area contributed by atoms with Gasteiger partial charge in [0.15, 0.2) is 0 Å². The quantitative estimate of drug-likeness (QED) is 0.793. The summed E-state index contributed by atoms with van der Waals surface area (Å²) in [6.45, 7) is 8.25. The topological polar surface area (TPSA) is 31.4 Å². The van der Waals surface area contributed by atoms with E-state index in [-0.39, 0.29) is 18.3 Å². The molecule has 0 aliphatic carbocycles. The van der Waals surface area contributed by atoms with E-state index in [1.807, 2.05) is 36.5 Å². The molecule has 3 rings (SSSR count). The van der Waals surface area contributed by atoms with Gasteiger partial charge in [-0.15, -0.1) is 0 Å². The van der Waals surface area contributed by atoms with Gasteiger partial charge in [-0.25, -0.2) is 0 Å². The molecule has 0 radical (unpaired) electrons. The lowest BCUT2D eigenvalue weighted by molar-refractivity contribution is 0.00578. The second-order valence-electron chi connectivity index (χ2n) is 6.43. The van der Waals surface area contributed by atoms with Gasteiger partial charge in [0.25, 0.3) is 0 Å². The Morgan fingerprint density at radius 1 is 0.905 bits per heavy atom. The van der Waals surface area contributed by atoms with Gasteiger partial charge in [-0.05, 0) is 45.3 Å². The Hall–Kier alpha value is -1.65. The highest BCUT2D eigenvalue weighted by Crippen LogP contribution is 2.36. The Kier molecular flexibility index (Phi) is 3.38. The zero-order chi connectivity index (χ0) is 15.1. The average molecular weight is 281 g/mol. The summed E-state index contributed by atoms with van der Waals surface area (Å²) in [7, 11) is -0.347. The van der Waals surface area contributed by atoms with Crippen LogP contribution >= 0.6 is 0 Å². The van der Waals surface area contributed by atoms with E-state index in [0.29, 0.717) is 0 Å². The molecule has 2 aromatic rings. The minimum Gasteiger partial charge on any atom is -0.399 e. The molecule has 0 amide bonds. The van der Waals surface area contributed by atoms with Crippen LogP contribution in [0.3, 0.4) is 0 Å². The highest BCUT2D eigenvalue weighted by Gasteiger charge is 2.51. The Bertz CT molecular complexity index is 624. The molecule has 1 aliphatic rings. The summed E-state index contributed by atoms with van der Waals surface area (Å²) in [5.41, 5.74) is 2.38. The Morgan fingerprint density at radius 3 is 2.14 bits per heavy atom. The summed E-state index contributed by atoms with van der Waals surface area (Å²) >= 11 is 0. The first-order valence-electron chi connectivity index (χ1n) is 7.26. The van der Waals surface area contributed by atoms with Gasteiger partial charge in [0, 0.05) is 11.8 Å². The summed E-state index contributed by atoms with van der Waals surface area (Å²) < 4.78 is 12.2. The molecule has 0 N–H and O–H groups in total. The second kappa shape index (κ2) is 4.97. The molecular formula is C17H20BNO2. The van der Waals surface area contributed by atoms with Crippen LogP contribution in [-0.2, 0) is 9.31 Å². The van der Waals surface area contributed by atoms with E-state index in [2.05, 4.69) is 44.8 Å². The number of hydrogen-bond acceptors (Lipinski definition) is 3. The van der Waals surface area contributed by atoms with Gasteiger partial charge in [-0.2, -0.15) is 0 Å². The number of benzene rings is 1. The molecule has 1 fully saturated rings. The molecule has 0 unspecified atom stereocenters. The van der Waals surface area contributed by atoms with Crippen molar-refractivity contribution >= 4 is 12.6 Å². The molecular weight excluding hydrogens is 261 g/mol. The molecule has 0 spiro atoms. The van der Waals surface area contributed by atoms with Crippen LogP contribution < -0.4 is 5.46 Å². The maximum absolute atomic E-state index is 6.09. The lowest BCUT2D eigenvalue weighted by atomic mass is 9.79. The number of pyridine rings is 1. The fourth-order valence-corrected chi connectivity index (χ4v) is 2.34. The third kappa shape index (κ3) is 2.61. The Balaban J connectivity index is 1.92. The standard InChI is InChI=1S/C17H20BNO2/c1-16(2)17(3,4)21-18(20-16)14-10-11-19-15(12-14)13-8-6-5-7-9-13/h5-12H,1-4H3. The Morgan fingerprint density at radius 2 is 1.52 bits per heavy atom. The molecule has 4 heteroatoms. The summed E-state index contributed by atoms with van der Waals surface area (Å²) in [6.07, 6.45) is 1.81. The number of aromatic nitrogens is 1. The van der Waals surface area contributed by atoms with Crippen molar-refractivity contribution in [2.24, 2.45) is 0 Å². The lowest BCUT2D eigenvalue weighted by Gasteiger charge is -2.32. The van der Waals surface area contributed by atoms with E-state index >= 15 is 0 Å². The van der Waals surface area contributed by atoms with Crippen molar-refractivity contribution in [1.29, 1.82) is 0 Å². The Labute approximate surface area is 126 Å². The first-order chi connectivity index (χ1) is 9.89. The highest BCUT2D eigenvalue weighted by atomic mass is 16.7. The van der Waals surface area contributed by atoms with Crippen molar-refractivity contribution in [3.05, 3.63) is 48.7 Å².